The van der Waals surface area contributed by atoms with Crippen molar-refractivity contribution in [3.8, 4) is 0 Å². The number of esters is 1. The standard InChI is InChI=1S/C26H33Cl3O5S/c1-2-22(30)24(32)14-34-26(33)25-9-7-18(35-25)4-3-5-19-20(23(31)13-21(19)29)8-6-15-10-16(27)12-17(28)11-15/h7,9-12,19-24,30-32H,2-6,8,13-14H2,1H3/t19-,20-,21-,22?,23-,24?/m1/s1. The SMILES string of the molecule is CCC(O)C(O)COC(=O)c1ccc(CCC[C@@H]2[C@@H](CCc3cc(Cl)cc(Cl)c3)[C@H](O)C[C@H]2Cl)s1. The molecule has 0 spiro atoms. The lowest BCUT2D eigenvalue weighted by Gasteiger charge is -2.23. The van der Waals surface area contributed by atoms with E-state index in [4.69, 9.17) is 39.5 Å². The monoisotopic (exact) mass is 562 g/mol. The van der Waals surface area contributed by atoms with E-state index in [-0.39, 0.29) is 23.8 Å². The maximum atomic E-state index is 12.2. The summed E-state index contributed by atoms with van der Waals surface area (Å²) in [5.41, 5.74) is 1.06. The van der Waals surface area contributed by atoms with Crippen LogP contribution in [0.2, 0.25) is 10.0 Å². The minimum Gasteiger partial charge on any atom is -0.459 e. The lowest BCUT2D eigenvalue weighted by molar-refractivity contribution is -0.0279. The van der Waals surface area contributed by atoms with Gasteiger partial charge in [-0.05, 0) is 92.7 Å². The van der Waals surface area contributed by atoms with Gasteiger partial charge in [0.2, 0.25) is 0 Å². The zero-order valence-electron chi connectivity index (χ0n) is 19.7. The Balaban J connectivity index is 1.48. The molecule has 6 atom stereocenters. The third-order valence-electron chi connectivity index (χ3n) is 6.74. The summed E-state index contributed by atoms with van der Waals surface area (Å²) in [6, 6.07) is 9.18. The van der Waals surface area contributed by atoms with Crippen LogP contribution in [-0.2, 0) is 17.6 Å². The number of carbonyl (C=O) groups excluding carboxylic acids is 1. The van der Waals surface area contributed by atoms with E-state index in [1.807, 2.05) is 18.2 Å². The van der Waals surface area contributed by atoms with Gasteiger partial charge >= 0.3 is 5.97 Å². The molecule has 2 unspecified atom stereocenters. The van der Waals surface area contributed by atoms with Gasteiger partial charge in [0.15, 0.2) is 0 Å². The van der Waals surface area contributed by atoms with Crippen LogP contribution in [0.4, 0.5) is 0 Å². The molecule has 0 bridgehead atoms. The summed E-state index contributed by atoms with van der Waals surface area (Å²) in [5, 5.41) is 31.1. The van der Waals surface area contributed by atoms with Crippen molar-refractivity contribution in [1.82, 2.24) is 0 Å². The van der Waals surface area contributed by atoms with Crippen LogP contribution in [0, 0.1) is 11.8 Å². The van der Waals surface area contributed by atoms with Gasteiger partial charge in [-0.25, -0.2) is 4.79 Å². The molecule has 1 heterocycles. The van der Waals surface area contributed by atoms with E-state index in [0.29, 0.717) is 27.8 Å². The lowest BCUT2D eigenvalue weighted by atomic mass is 9.85. The molecule has 194 valence electrons. The van der Waals surface area contributed by atoms with Crippen molar-refractivity contribution in [1.29, 1.82) is 0 Å². The Morgan fingerprint density at radius 1 is 1.09 bits per heavy atom. The number of aliphatic hydroxyl groups excluding tert-OH is 3. The predicted octanol–water partition coefficient (Wildman–Crippen LogP) is 5.90. The van der Waals surface area contributed by atoms with Crippen molar-refractivity contribution < 1.29 is 24.9 Å². The fraction of sp³-hybridized carbons (Fsp3) is 0.577. The molecular weight excluding hydrogens is 531 g/mol. The second-order valence-corrected chi connectivity index (χ2v) is 11.9. The predicted molar refractivity (Wildman–Crippen MR) is 142 cm³/mol. The number of aliphatic hydroxyl groups is 3. The van der Waals surface area contributed by atoms with Crippen molar-refractivity contribution in [2.75, 3.05) is 6.61 Å². The first-order valence-corrected chi connectivity index (χ1v) is 14.1. The molecule has 9 heteroatoms. The van der Waals surface area contributed by atoms with Gasteiger partial charge in [0.25, 0.3) is 0 Å². The highest BCUT2D eigenvalue weighted by Crippen LogP contribution is 2.42. The van der Waals surface area contributed by atoms with Crippen molar-refractivity contribution in [2.24, 2.45) is 11.8 Å². The first-order valence-electron chi connectivity index (χ1n) is 12.1. The zero-order valence-corrected chi connectivity index (χ0v) is 22.8. The molecule has 1 aliphatic rings. The quantitative estimate of drug-likeness (QED) is 0.221. The molecule has 0 amide bonds. The van der Waals surface area contributed by atoms with Gasteiger partial charge in [0.1, 0.15) is 17.6 Å². The summed E-state index contributed by atoms with van der Waals surface area (Å²) in [4.78, 5) is 13.8. The largest absolute Gasteiger partial charge is 0.459 e. The van der Waals surface area contributed by atoms with E-state index in [2.05, 4.69) is 0 Å². The highest BCUT2D eigenvalue weighted by Gasteiger charge is 2.40. The Hall–Kier alpha value is -0.860. The smallest absolute Gasteiger partial charge is 0.348 e. The average Bonchev–Trinajstić information content (AvgIpc) is 3.38. The first kappa shape index (κ1) is 28.7. The van der Waals surface area contributed by atoms with Crippen LogP contribution in [-0.4, -0.2) is 51.6 Å². The molecule has 3 N–H and O–H groups in total. The molecule has 1 aliphatic carbocycles. The Morgan fingerprint density at radius 2 is 1.80 bits per heavy atom. The van der Waals surface area contributed by atoms with Crippen LogP contribution in [0.3, 0.4) is 0 Å². The van der Waals surface area contributed by atoms with E-state index in [0.717, 1.165) is 42.5 Å². The number of benzene rings is 1. The van der Waals surface area contributed by atoms with E-state index >= 15 is 0 Å². The number of rotatable bonds is 12. The molecule has 0 saturated heterocycles. The van der Waals surface area contributed by atoms with Crippen molar-refractivity contribution in [2.45, 2.75) is 75.6 Å². The van der Waals surface area contributed by atoms with Crippen molar-refractivity contribution in [3.63, 3.8) is 0 Å². The lowest BCUT2D eigenvalue weighted by Crippen LogP contribution is -2.30. The maximum absolute atomic E-state index is 12.2. The molecule has 1 aromatic heterocycles. The maximum Gasteiger partial charge on any atom is 0.348 e. The second kappa shape index (κ2) is 13.6. The van der Waals surface area contributed by atoms with Gasteiger partial charge in [-0.2, -0.15) is 0 Å². The topological polar surface area (TPSA) is 87.0 Å². The van der Waals surface area contributed by atoms with Crippen LogP contribution in [0.1, 0.15) is 59.1 Å². The van der Waals surface area contributed by atoms with Gasteiger partial charge in [-0.15, -0.1) is 22.9 Å². The summed E-state index contributed by atoms with van der Waals surface area (Å²) in [6.45, 7) is 1.52. The number of ether oxygens (including phenoxy) is 1. The van der Waals surface area contributed by atoms with Crippen LogP contribution >= 0.6 is 46.1 Å². The Bertz CT molecular complexity index is 948. The molecule has 1 saturated carbocycles. The molecule has 35 heavy (non-hydrogen) atoms. The third kappa shape index (κ3) is 8.32. The molecule has 2 aromatic rings. The summed E-state index contributed by atoms with van der Waals surface area (Å²) in [5.74, 6) is -0.157. The molecular formula is C26H33Cl3O5S. The Labute approximate surface area is 226 Å². The van der Waals surface area contributed by atoms with Crippen LogP contribution < -0.4 is 0 Å². The minimum absolute atomic E-state index is 0.0586. The molecule has 3 rings (SSSR count). The van der Waals surface area contributed by atoms with Crippen molar-refractivity contribution >= 4 is 52.1 Å². The first-order chi connectivity index (χ1) is 16.7. The summed E-state index contributed by atoms with van der Waals surface area (Å²) in [7, 11) is 0. The fourth-order valence-corrected chi connectivity index (χ4v) is 6.78. The van der Waals surface area contributed by atoms with Crippen LogP contribution in [0.15, 0.2) is 30.3 Å². The minimum atomic E-state index is -1.09. The number of halogens is 3. The Morgan fingerprint density at radius 3 is 2.49 bits per heavy atom. The van der Waals surface area contributed by atoms with Crippen molar-refractivity contribution in [3.05, 3.63) is 55.7 Å². The van der Waals surface area contributed by atoms with Gasteiger partial charge in [-0.3, -0.25) is 0 Å². The summed E-state index contributed by atoms with van der Waals surface area (Å²) >= 11 is 20.2. The van der Waals surface area contributed by atoms with Gasteiger partial charge in [0, 0.05) is 20.3 Å². The van der Waals surface area contributed by atoms with Crippen LogP contribution in [0.25, 0.3) is 0 Å². The fourth-order valence-electron chi connectivity index (χ4n) is 4.77. The molecule has 1 aromatic carbocycles. The zero-order chi connectivity index (χ0) is 25.5. The molecule has 1 fully saturated rings. The normalized spacial score (nSPS) is 23.9. The van der Waals surface area contributed by atoms with E-state index in [1.54, 1.807) is 19.1 Å². The highest BCUT2D eigenvalue weighted by atomic mass is 35.5. The van der Waals surface area contributed by atoms with E-state index < -0.39 is 24.3 Å². The molecule has 0 aliphatic heterocycles. The van der Waals surface area contributed by atoms with E-state index in [9.17, 15) is 20.1 Å². The summed E-state index contributed by atoms with van der Waals surface area (Å²) < 4.78 is 5.13. The number of aryl methyl sites for hydroxylation is 2. The third-order valence-corrected chi connectivity index (χ3v) is 8.80. The number of hydrogen-bond donors (Lipinski definition) is 3. The molecule has 5 nitrogen and oxygen atoms in total. The molecule has 0 radical (unpaired) electrons. The van der Waals surface area contributed by atoms with E-state index in [1.165, 1.54) is 11.3 Å². The highest BCUT2D eigenvalue weighted by molar-refractivity contribution is 7.13. The summed E-state index contributed by atoms with van der Waals surface area (Å²) in [6.07, 6.45) is 2.78. The Kier molecular flexibility index (Phi) is 11.2. The van der Waals surface area contributed by atoms with Gasteiger partial charge in [-0.1, -0.05) is 30.1 Å². The number of thiophene rings is 1. The van der Waals surface area contributed by atoms with Gasteiger partial charge in [0.05, 0.1) is 12.2 Å². The average molecular weight is 564 g/mol. The van der Waals surface area contributed by atoms with Crippen LogP contribution in [0.5, 0.6) is 0 Å². The van der Waals surface area contributed by atoms with Gasteiger partial charge < -0.3 is 20.1 Å². The number of alkyl halides is 1. The number of hydrogen-bond acceptors (Lipinski definition) is 6. The number of carbonyl (C=O) groups is 1. The second-order valence-electron chi connectivity index (χ2n) is 9.26.